The Kier molecular flexibility index (Phi) is 5.28. The molecule has 4 heteroatoms. The summed E-state index contributed by atoms with van der Waals surface area (Å²) < 4.78 is 5.75. The summed E-state index contributed by atoms with van der Waals surface area (Å²) in [6, 6.07) is 18.0. The van der Waals surface area contributed by atoms with Crippen LogP contribution in [0.2, 0.25) is 0 Å². The average Bonchev–Trinajstić information content (AvgIpc) is 2.62. The summed E-state index contributed by atoms with van der Waals surface area (Å²) in [5.74, 6) is 0.0337. The molecule has 0 N–H and O–H groups in total. The van der Waals surface area contributed by atoms with E-state index in [1.807, 2.05) is 49.5 Å². The highest BCUT2D eigenvalue weighted by Gasteiger charge is 2.22. The number of carbonyl (C=O) groups excluding carboxylic acids is 1. The third-order valence-corrected chi connectivity index (χ3v) is 4.41. The summed E-state index contributed by atoms with van der Waals surface area (Å²) >= 11 is 0. The fourth-order valence-electron chi connectivity index (χ4n) is 3.02. The molecule has 2 aromatic rings. The number of morpholine rings is 1. The van der Waals surface area contributed by atoms with Gasteiger partial charge in [0.15, 0.2) is 0 Å². The lowest BCUT2D eigenvalue weighted by Gasteiger charge is -2.32. The number of ether oxygens (including phenoxy) is 1. The molecule has 126 valence electrons. The molecule has 1 fully saturated rings. The van der Waals surface area contributed by atoms with E-state index in [1.54, 1.807) is 4.90 Å². The first-order valence-electron chi connectivity index (χ1n) is 8.34. The van der Waals surface area contributed by atoms with Crippen LogP contribution in [0.25, 0.3) is 11.1 Å². The number of hydrogen-bond donors (Lipinski definition) is 0. The number of nitrogens with zero attached hydrogens (tertiary/aromatic N) is 2. The van der Waals surface area contributed by atoms with Crippen LogP contribution in [-0.2, 0) is 4.74 Å². The van der Waals surface area contributed by atoms with E-state index in [2.05, 4.69) is 24.1 Å². The van der Waals surface area contributed by atoms with Crippen LogP contribution in [0.4, 0.5) is 0 Å². The average molecular weight is 324 g/mol. The van der Waals surface area contributed by atoms with Gasteiger partial charge in [-0.05, 0) is 30.3 Å². The largest absolute Gasteiger partial charge is 0.374 e. The van der Waals surface area contributed by atoms with Crippen LogP contribution in [-0.4, -0.2) is 62.1 Å². The molecular weight excluding hydrogens is 300 g/mol. The first-order valence-corrected chi connectivity index (χ1v) is 8.34. The second-order valence-electron chi connectivity index (χ2n) is 6.38. The molecule has 1 aliphatic rings. The van der Waals surface area contributed by atoms with Crippen molar-refractivity contribution in [2.24, 2.45) is 0 Å². The van der Waals surface area contributed by atoms with Crippen LogP contribution < -0.4 is 0 Å². The topological polar surface area (TPSA) is 32.8 Å². The van der Waals surface area contributed by atoms with Crippen molar-refractivity contribution in [3.63, 3.8) is 0 Å². The lowest BCUT2D eigenvalue weighted by molar-refractivity contribution is -0.0301. The fraction of sp³-hybridized carbons (Fsp3) is 0.350. The summed E-state index contributed by atoms with van der Waals surface area (Å²) in [6.07, 6.45) is 0.0845. The van der Waals surface area contributed by atoms with Crippen molar-refractivity contribution < 1.29 is 9.53 Å². The van der Waals surface area contributed by atoms with Gasteiger partial charge in [-0.3, -0.25) is 4.79 Å². The van der Waals surface area contributed by atoms with Crippen molar-refractivity contribution in [3.8, 4) is 11.1 Å². The molecule has 1 atom stereocenters. The Morgan fingerprint density at radius 2 is 1.79 bits per heavy atom. The molecule has 0 saturated carbocycles. The Morgan fingerprint density at radius 3 is 2.46 bits per heavy atom. The van der Waals surface area contributed by atoms with E-state index >= 15 is 0 Å². The van der Waals surface area contributed by atoms with Crippen molar-refractivity contribution >= 4 is 5.91 Å². The zero-order valence-corrected chi connectivity index (χ0v) is 14.3. The van der Waals surface area contributed by atoms with Gasteiger partial charge in [0.05, 0.1) is 12.7 Å². The van der Waals surface area contributed by atoms with Gasteiger partial charge < -0.3 is 14.5 Å². The van der Waals surface area contributed by atoms with Crippen molar-refractivity contribution in [2.45, 2.75) is 6.10 Å². The van der Waals surface area contributed by atoms with Gasteiger partial charge >= 0.3 is 0 Å². The maximum absolute atomic E-state index is 12.6. The summed E-state index contributed by atoms with van der Waals surface area (Å²) in [5.41, 5.74) is 2.98. The van der Waals surface area contributed by atoms with Gasteiger partial charge in [0.25, 0.3) is 5.91 Å². The molecule has 0 radical (unpaired) electrons. The maximum Gasteiger partial charge on any atom is 0.253 e. The fourth-order valence-corrected chi connectivity index (χ4v) is 3.02. The number of amides is 1. The molecule has 0 aliphatic carbocycles. The number of benzene rings is 2. The number of hydrogen-bond acceptors (Lipinski definition) is 3. The molecule has 1 saturated heterocycles. The van der Waals surface area contributed by atoms with Gasteiger partial charge in [-0.2, -0.15) is 0 Å². The zero-order chi connectivity index (χ0) is 16.9. The Labute approximate surface area is 143 Å². The van der Waals surface area contributed by atoms with E-state index in [4.69, 9.17) is 4.74 Å². The molecule has 1 aliphatic heterocycles. The number of likely N-dealkylation sites (N-methyl/N-ethyl adjacent to an activating group) is 2. The lowest BCUT2D eigenvalue weighted by Crippen LogP contribution is -2.46. The van der Waals surface area contributed by atoms with Gasteiger partial charge in [-0.1, -0.05) is 42.5 Å². The SMILES string of the molecule is CN1CCOC(CN(C)C(=O)c2ccc(-c3ccccc3)cc2)C1. The normalized spacial score (nSPS) is 18.3. The standard InChI is InChI=1S/C20H24N2O2/c1-21-12-13-24-19(14-21)15-22(2)20(23)18-10-8-17(9-11-18)16-6-4-3-5-7-16/h3-11,19H,12-15H2,1-2H3. The maximum atomic E-state index is 12.6. The van der Waals surface area contributed by atoms with Gasteiger partial charge in [0.2, 0.25) is 0 Å². The van der Waals surface area contributed by atoms with Crippen LogP contribution in [0.15, 0.2) is 54.6 Å². The molecule has 24 heavy (non-hydrogen) atoms. The van der Waals surface area contributed by atoms with Crippen molar-refractivity contribution in [1.82, 2.24) is 9.80 Å². The third kappa shape index (κ3) is 4.02. The summed E-state index contributed by atoms with van der Waals surface area (Å²) in [6.45, 7) is 3.16. The molecule has 4 nitrogen and oxygen atoms in total. The van der Waals surface area contributed by atoms with Crippen molar-refractivity contribution in [1.29, 1.82) is 0 Å². The van der Waals surface area contributed by atoms with Crippen molar-refractivity contribution in [3.05, 3.63) is 60.2 Å². The van der Waals surface area contributed by atoms with Crippen LogP contribution in [0.3, 0.4) is 0 Å². The zero-order valence-electron chi connectivity index (χ0n) is 14.3. The second-order valence-corrected chi connectivity index (χ2v) is 6.38. The van der Waals surface area contributed by atoms with E-state index in [9.17, 15) is 4.79 Å². The Morgan fingerprint density at radius 1 is 1.12 bits per heavy atom. The summed E-state index contributed by atoms with van der Waals surface area (Å²) in [5, 5.41) is 0. The van der Waals surface area contributed by atoms with E-state index in [0.717, 1.165) is 30.8 Å². The van der Waals surface area contributed by atoms with E-state index in [0.29, 0.717) is 12.1 Å². The van der Waals surface area contributed by atoms with Crippen molar-refractivity contribution in [2.75, 3.05) is 40.3 Å². The number of carbonyl (C=O) groups is 1. The molecule has 1 unspecified atom stereocenters. The van der Waals surface area contributed by atoms with E-state index in [-0.39, 0.29) is 12.0 Å². The summed E-state index contributed by atoms with van der Waals surface area (Å²) in [7, 11) is 3.92. The quantitative estimate of drug-likeness (QED) is 0.867. The minimum absolute atomic E-state index is 0.0337. The first kappa shape index (κ1) is 16.7. The first-order chi connectivity index (χ1) is 11.6. The van der Waals surface area contributed by atoms with Gasteiger partial charge in [0.1, 0.15) is 0 Å². The van der Waals surface area contributed by atoms with Crippen LogP contribution in [0, 0.1) is 0 Å². The second kappa shape index (κ2) is 7.60. The minimum Gasteiger partial charge on any atom is -0.374 e. The highest BCUT2D eigenvalue weighted by molar-refractivity contribution is 5.94. The minimum atomic E-state index is 0.0337. The molecule has 1 heterocycles. The molecule has 0 aromatic heterocycles. The molecule has 2 aromatic carbocycles. The van der Waals surface area contributed by atoms with Crippen LogP contribution in [0.5, 0.6) is 0 Å². The lowest BCUT2D eigenvalue weighted by atomic mass is 10.0. The summed E-state index contributed by atoms with van der Waals surface area (Å²) in [4.78, 5) is 16.6. The predicted molar refractivity (Wildman–Crippen MR) is 96.1 cm³/mol. The molecule has 0 bridgehead atoms. The highest BCUT2D eigenvalue weighted by atomic mass is 16.5. The monoisotopic (exact) mass is 324 g/mol. The van der Waals surface area contributed by atoms with Gasteiger partial charge in [0, 0.05) is 32.2 Å². The van der Waals surface area contributed by atoms with E-state index < -0.39 is 0 Å². The van der Waals surface area contributed by atoms with Gasteiger partial charge in [-0.15, -0.1) is 0 Å². The predicted octanol–water partition coefficient (Wildman–Crippen LogP) is 2.76. The van der Waals surface area contributed by atoms with Gasteiger partial charge in [-0.25, -0.2) is 0 Å². The molecule has 3 rings (SSSR count). The molecule has 1 amide bonds. The van der Waals surface area contributed by atoms with Crippen LogP contribution >= 0.6 is 0 Å². The highest BCUT2D eigenvalue weighted by Crippen LogP contribution is 2.19. The Bertz CT molecular complexity index is 670. The third-order valence-electron chi connectivity index (χ3n) is 4.41. The molecule has 0 spiro atoms. The smallest absolute Gasteiger partial charge is 0.253 e. The molecular formula is C20H24N2O2. The van der Waals surface area contributed by atoms with E-state index in [1.165, 1.54) is 0 Å². The Hall–Kier alpha value is -2.17. The van der Waals surface area contributed by atoms with Crippen LogP contribution in [0.1, 0.15) is 10.4 Å². The Balaban J connectivity index is 1.64. The number of rotatable bonds is 4.